The van der Waals surface area contributed by atoms with Crippen molar-refractivity contribution >= 4 is 34.9 Å². The number of halogens is 1. The van der Waals surface area contributed by atoms with Gasteiger partial charge in [-0.25, -0.2) is 4.84 Å². The fraction of sp³-hybridized carbons (Fsp3) is 0.214. The van der Waals surface area contributed by atoms with Gasteiger partial charge in [-0.2, -0.15) is 4.37 Å². The zero-order valence-electron chi connectivity index (χ0n) is 21.8. The van der Waals surface area contributed by atoms with Crippen molar-refractivity contribution in [1.29, 1.82) is 0 Å². The topological polar surface area (TPSA) is 111 Å². The molecule has 0 aliphatic heterocycles. The SMILES string of the molecule is COc1ccc(-c2csnc2-c2cc(OC)c(OC)c(OC)c2)cc1NC(=O)[C@H](Cc1ccc(O)cc1)NCl. The number of hydrogen-bond donors (Lipinski definition) is 3. The lowest BCUT2D eigenvalue weighted by atomic mass is 10.00. The number of aromatic hydroxyl groups is 1. The molecule has 0 unspecified atom stereocenters. The Hall–Kier alpha value is -3.99. The third-order valence-electron chi connectivity index (χ3n) is 6.10. The van der Waals surface area contributed by atoms with Crippen molar-refractivity contribution in [3.05, 3.63) is 65.5 Å². The van der Waals surface area contributed by atoms with Crippen LogP contribution in [0.5, 0.6) is 28.7 Å². The summed E-state index contributed by atoms with van der Waals surface area (Å²) in [5.74, 6) is 1.81. The minimum absolute atomic E-state index is 0.147. The highest BCUT2D eigenvalue weighted by atomic mass is 35.5. The van der Waals surface area contributed by atoms with Crippen LogP contribution in [0.25, 0.3) is 22.4 Å². The van der Waals surface area contributed by atoms with Gasteiger partial charge in [-0.1, -0.05) is 18.2 Å². The van der Waals surface area contributed by atoms with Crippen LogP contribution in [0.15, 0.2) is 60.0 Å². The van der Waals surface area contributed by atoms with Crippen LogP contribution in [-0.2, 0) is 11.2 Å². The number of rotatable bonds is 11. The fourth-order valence-electron chi connectivity index (χ4n) is 4.11. The molecule has 1 aromatic heterocycles. The van der Waals surface area contributed by atoms with E-state index in [1.54, 1.807) is 51.7 Å². The molecule has 0 aliphatic rings. The summed E-state index contributed by atoms with van der Waals surface area (Å²) >= 11 is 7.23. The normalized spacial score (nSPS) is 11.5. The minimum atomic E-state index is -0.734. The highest BCUT2D eigenvalue weighted by Gasteiger charge is 2.22. The maximum atomic E-state index is 13.2. The summed E-state index contributed by atoms with van der Waals surface area (Å²) in [6.45, 7) is 0. The molecule has 9 nitrogen and oxygen atoms in total. The van der Waals surface area contributed by atoms with E-state index in [0.29, 0.717) is 40.8 Å². The van der Waals surface area contributed by atoms with Crippen LogP contribution in [0.1, 0.15) is 5.56 Å². The van der Waals surface area contributed by atoms with Gasteiger partial charge in [0, 0.05) is 16.5 Å². The Balaban J connectivity index is 1.66. The van der Waals surface area contributed by atoms with Crippen LogP contribution >= 0.6 is 23.3 Å². The minimum Gasteiger partial charge on any atom is -0.508 e. The number of carbonyl (C=O) groups excluding carboxylic acids is 1. The molecular weight excluding hydrogens is 542 g/mol. The molecule has 3 aromatic carbocycles. The number of methoxy groups -OCH3 is 4. The van der Waals surface area contributed by atoms with Crippen LogP contribution < -0.4 is 29.1 Å². The van der Waals surface area contributed by atoms with Gasteiger partial charge in [-0.05, 0) is 77.3 Å². The summed E-state index contributed by atoms with van der Waals surface area (Å²) in [6.07, 6.45) is 0.317. The predicted molar refractivity (Wildman–Crippen MR) is 152 cm³/mol. The zero-order valence-corrected chi connectivity index (χ0v) is 23.4. The first-order valence-corrected chi connectivity index (χ1v) is 13.0. The number of anilines is 1. The van der Waals surface area contributed by atoms with Crippen LogP contribution in [-0.4, -0.2) is 49.9 Å². The van der Waals surface area contributed by atoms with E-state index in [9.17, 15) is 9.90 Å². The van der Waals surface area contributed by atoms with Crippen molar-refractivity contribution in [2.24, 2.45) is 0 Å². The standard InChI is InChI=1S/C28H28ClN3O6S/c1-35-23-10-7-17(12-21(23)30-28(34)22(31-29)11-16-5-8-19(33)9-6-16)20-15-39-32-26(20)18-13-24(36-2)27(38-4)25(14-18)37-3/h5-10,12-15,22,31,33H,11H2,1-4H3,(H,30,34)/t22-/m0/s1. The van der Waals surface area contributed by atoms with Crippen LogP contribution in [0.4, 0.5) is 5.69 Å². The Morgan fingerprint density at radius 3 is 2.18 bits per heavy atom. The van der Waals surface area contributed by atoms with Crippen molar-refractivity contribution in [1.82, 2.24) is 9.21 Å². The molecule has 11 heteroatoms. The summed E-state index contributed by atoms with van der Waals surface area (Å²) < 4.78 is 26.6. The van der Waals surface area contributed by atoms with Gasteiger partial charge in [-0.3, -0.25) is 4.79 Å². The fourth-order valence-corrected chi connectivity index (χ4v) is 5.00. The maximum Gasteiger partial charge on any atom is 0.243 e. The van der Waals surface area contributed by atoms with Crippen LogP contribution in [0.2, 0.25) is 0 Å². The van der Waals surface area contributed by atoms with Crippen molar-refractivity contribution in [2.45, 2.75) is 12.5 Å². The third kappa shape index (κ3) is 6.19. The van der Waals surface area contributed by atoms with Crippen molar-refractivity contribution in [3.8, 4) is 51.1 Å². The second-order valence-corrected chi connectivity index (χ2v) is 9.27. The van der Waals surface area contributed by atoms with Crippen LogP contribution in [0, 0.1) is 0 Å². The van der Waals surface area contributed by atoms with Gasteiger partial charge in [0.25, 0.3) is 0 Å². The van der Waals surface area contributed by atoms with E-state index in [-0.39, 0.29) is 11.7 Å². The van der Waals surface area contributed by atoms with E-state index in [0.717, 1.165) is 22.3 Å². The summed E-state index contributed by atoms with van der Waals surface area (Å²) in [7, 11) is 6.21. The molecule has 0 radical (unpaired) electrons. The molecule has 3 N–H and O–H groups in total. The number of nitrogens with one attached hydrogen (secondary N) is 2. The molecule has 0 bridgehead atoms. The van der Waals surface area contributed by atoms with E-state index < -0.39 is 6.04 Å². The second kappa shape index (κ2) is 12.7. The average molecular weight is 570 g/mol. The lowest BCUT2D eigenvalue weighted by Crippen LogP contribution is -2.37. The first-order chi connectivity index (χ1) is 18.9. The number of hydrogen-bond acceptors (Lipinski definition) is 9. The van der Waals surface area contributed by atoms with Crippen molar-refractivity contribution < 1.29 is 28.8 Å². The molecule has 4 aromatic rings. The number of carbonyl (C=O) groups is 1. The number of benzene rings is 3. The van der Waals surface area contributed by atoms with E-state index in [1.807, 2.05) is 29.6 Å². The van der Waals surface area contributed by atoms with Gasteiger partial charge in [0.05, 0.1) is 39.8 Å². The number of aromatic nitrogens is 1. The summed E-state index contributed by atoms with van der Waals surface area (Å²) in [5.41, 5.74) is 4.48. The average Bonchev–Trinajstić information content (AvgIpc) is 3.46. The van der Waals surface area contributed by atoms with Gasteiger partial charge in [0.1, 0.15) is 17.5 Å². The molecule has 0 fully saturated rings. The summed E-state index contributed by atoms with van der Waals surface area (Å²) in [6, 6.07) is 15.0. The molecule has 0 saturated carbocycles. The molecule has 1 heterocycles. The molecule has 4 rings (SSSR count). The number of ether oxygens (including phenoxy) is 4. The molecular formula is C28H28ClN3O6S. The quantitative estimate of drug-likeness (QED) is 0.203. The van der Waals surface area contributed by atoms with Crippen molar-refractivity contribution in [3.63, 3.8) is 0 Å². The lowest BCUT2D eigenvalue weighted by Gasteiger charge is -2.17. The van der Waals surface area contributed by atoms with E-state index >= 15 is 0 Å². The number of phenols is 1. The zero-order chi connectivity index (χ0) is 27.9. The molecule has 0 aliphatic carbocycles. The van der Waals surface area contributed by atoms with Gasteiger partial charge in [-0.15, -0.1) is 0 Å². The second-order valence-electron chi connectivity index (χ2n) is 8.43. The first kappa shape index (κ1) is 28.0. The van der Waals surface area contributed by atoms with E-state index in [4.69, 9.17) is 30.7 Å². The largest absolute Gasteiger partial charge is 0.508 e. The molecule has 0 spiro atoms. The Bertz CT molecular complexity index is 1420. The third-order valence-corrected chi connectivity index (χ3v) is 6.99. The van der Waals surface area contributed by atoms with E-state index in [1.165, 1.54) is 18.6 Å². The van der Waals surface area contributed by atoms with Gasteiger partial charge in [0.15, 0.2) is 11.5 Å². The summed E-state index contributed by atoms with van der Waals surface area (Å²) in [4.78, 5) is 15.7. The highest BCUT2D eigenvalue weighted by molar-refractivity contribution is 7.04. The Labute approximate surface area is 235 Å². The lowest BCUT2D eigenvalue weighted by molar-refractivity contribution is -0.117. The Morgan fingerprint density at radius 1 is 0.923 bits per heavy atom. The molecule has 204 valence electrons. The van der Waals surface area contributed by atoms with Gasteiger partial charge >= 0.3 is 0 Å². The molecule has 1 atom stereocenters. The Kier molecular flexibility index (Phi) is 9.13. The smallest absolute Gasteiger partial charge is 0.243 e. The number of phenolic OH excluding ortho intramolecular Hbond substituents is 1. The molecule has 0 saturated heterocycles. The summed E-state index contributed by atoms with van der Waals surface area (Å²) in [5, 5.41) is 14.4. The van der Waals surface area contributed by atoms with Crippen molar-refractivity contribution in [2.75, 3.05) is 33.8 Å². The first-order valence-electron chi connectivity index (χ1n) is 11.8. The van der Waals surface area contributed by atoms with E-state index in [2.05, 4.69) is 14.5 Å². The maximum absolute atomic E-state index is 13.2. The monoisotopic (exact) mass is 569 g/mol. The molecule has 39 heavy (non-hydrogen) atoms. The van der Waals surface area contributed by atoms with Crippen LogP contribution in [0.3, 0.4) is 0 Å². The van der Waals surface area contributed by atoms with Gasteiger partial charge < -0.3 is 29.4 Å². The van der Waals surface area contributed by atoms with Gasteiger partial charge in [0.2, 0.25) is 11.7 Å². The Morgan fingerprint density at radius 2 is 1.59 bits per heavy atom. The predicted octanol–water partition coefficient (Wildman–Crippen LogP) is 5.51. The number of nitrogens with zero attached hydrogens (tertiary/aromatic N) is 1. The highest BCUT2D eigenvalue weighted by Crippen LogP contribution is 2.44. The number of amides is 1. The molecule has 1 amide bonds.